The van der Waals surface area contributed by atoms with Crippen molar-refractivity contribution in [2.75, 3.05) is 17.8 Å². The summed E-state index contributed by atoms with van der Waals surface area (Å²) in [6, 6.07) is 15.0. The highest BCUT2D eigenvalue weighted by Crippen LogP contribution is 2.40. The maximum Gasteiger partial charge on any atom is 0.265 e. The predicted octanol–water partition coefficient (Wildman–Crippen LogP) is 4.28. The van der Waals surface area contributed by atoms with Gasteiger partial charge in [0.1, 0.15) is 11.7 Å². The van der Waals surface area contributed by atoms with Crippen molar-refractivity contribution in [2.24, 2.45) is 0 Å². The molecule has 1 N–H and O–H groups in total. The molecule has 1 atom stereocenters. The normalized spacial score (nSPS) is 14.8. The van der Waals surface area contributed by atoms with Crippen molar-refractivity contribution >= 4 is 27.0 Å². The summed E-state index contributed by atoms with van der Waals surface area (Å²) in [7, 11) is -2.96. The fourth-order valence-electron chi connectivity index (χ4n) is 4.14. The predicted molar refractivity (Wildman–Crippen MR) is 128 cm³/mol. The Labute approximate surface area is 201 Å². The Morgan fingerprint density at radius 3 is 2.77 bits per heavy atom. The Morgan fingerprint density at radius 2 is 2.03 bits per heavy atom. The van der Waals surface area contributed by atoms with Crippen LogP contribution in [0.4, 0.5) is 10.1 Å². The number of halogens is 1. The largest absolute Gasteiger partial charge is 0.478 e. The minimum absolute atomic E-state index is 0.0338. The first-order valence-corrected chi connectivity index (χ1v) is 12.6. The number of ether oxygens (including phenoxy) is 1. The lowest BCUT2D eigenvalue weighted by molar-refractivity contribution is -0.121. The number of carbonyl (C=O) groups is 1. The average molecular weight is 490 g/mol. The van der Waals surface area contributed by atoms with E-state index >= 15 is 4.39 Å². The van der Waals surface area contributed by atoms with Gasteiger partial charge in [0.15, 0.2) is 18.2 Å². The summed E-state index contributed by atoms with van der Waals surface area (Å²) in [5.41, 5.74) is 3.72. The van der Waals surface area contributed by atoms with E-state index in [0.717, 1.165) is 0 Å². The Balaban J connectivity index is 1.63. The highest BCUT2D eigenvalue weighted by atomic mass is 32.2. The molecular formula is C25H20FN5O3S. The molecule has 5 rings (SSSR count). The zero-order valence-electron chi connectivity index (χ0n) is 18.9. The Bertz CT molecular complexity index is 1670. The van der Waals surface area contributed by atoms with Gasteiger partial charge in [-0.3, -0.25) is 9.69 Å². The molecular weight excluding hydrogens is 469 g/mol. The first kappa shape index (κ1) is 22.6. The summed E-state index contributed by atoms with van der Waals surface area (Å²) in [4.78, 5) is 19.2. The molecule has 35 heavy (non-hydrogen) atoms. The van der Waals surface area contributed by atoms with E-state index in [1.165, 1.54) is 17.2 Å². The van der Waals surface area contributed by atoms with Crippen molar-refractivity contribution in [1.29, 1.82) is 10.0 Å². The lowest BCUT2D eigenvalue weighted by atomic mass is 10.0. The van der Waals surface area contributed by atoms with Crippen molar-refractivity contribution in [3.8, 4) is 22.9 Å². The van der Waals surface area contributed by atoms with Crippen LogP contribution in [0, 0.1) is 28.9 Å². The van der Waals surface area contributed by atoms with Gasteiger partial charge in [-0.15, -0.1) is 0 Å². The molecule has 0 spiro atoms. The van der Waals surface area contributed by atoms with Gasteiger partial charge in [-0.25, -0.2) is 18.4 Å². The van der Waals surface area contributed by atoms with E-state index < -0.39 is 15.5 Å². The first-order valence-electron chi connectivity index (χ1n) is 10.6. The lowest BCUT2D eigenvalue weighted by Crippen LogP contribution is -2.39. The number of imidazole rings is 1. The molecule has 0 bridgehead atoms. The lowest BCUT2D eigenvalue weighted by Gasteiger charge is -2.30. The van der Waals surface area contributed by atoms with Crippen molar-refractivity contribution in [1.82, 2.24) is 9.38 Å². The molecule has 10 heteroatoms. The SMILES string of the molecule is Cc1nc2ccc(C#N)cn2c1CN1C(=O)COc2c(F)cc(-c3cccc(S(C)(=N)=O)c3)cc21. The third-order valence-electron chi connectivity index (χ3n) is 5.93. The van der Waals surface area contributed by atoms with Gasteiger partial charge in [-0.1, -0.05) is 12.1 Å². The number of aromatic nitrogens is 2. The smallest absolute Gasteiger partial charge is 0.265 e. The fourth-order valence-corrected chi connectivity index (χ4v) is 4.83. The molecule has 0 radical (unpaired) electrons. The number of amides is 1. The zero-order valence-corrected chi connectivity index (χ0v) is 19.7. The third kappa shape index (κ3) is 4.00. The van der Waals surface area contributed by atoms with E-state index in [1.54, 1.807) is 53.1 Å². The van der Waals surface area contributed by atoms with E-state index in [4.69, 9.17) is 9.52 Å². The maximum absolute atomic E-state index is 15.2. The Kier molecular flexibility index (Phi) is 5.29. The third-order valence-corrected chi connectivity index (χ3v) is 7.08. The molecule has 1 aliphatic heterocycles. The van der Waals surface area contributed by atoms with E-state index in [9.17, 15) is 14.3 Å². The number of benzene rings is 2. The van der Waals surface area contributed by atoms with E-state index in [-0.39, 0.29) is 30.5 Å². The average Bonchev–Trinajstić information content (AvgIpc) is 3.14. The van der Waals surface area contributed by atoms with Gasteiger partial charge in [0.2, 0.25) is 0 Å². The number of hydrogen-bond acceptors (Lipinski definition) is 6. The number of rotatable bonds is 4. The molecule has 2 aromatic carbocycles. The molecule has 0 saturated carbocycles. The standard InChI is InChI=1S/C25H20FN5O3S/c1-15-22(30-12-16(11-27)6-7-23(30)29-15)13-31-21-10-18(9-20(26)25(21)34-14-24(31)32)17-4-3-5-19(8-17)35(2,28)33/h3-10,12,28H,13-14H2,1-2H3. The second-order valence-electron chi connectivity index (χ2n) is 8.35. The maximum atomic E-state index is 15.2. The van der Waals surface area contributed by atoms with Crippen LogP contribution in [-0.4, -0.2) is 32.4 Å². The molecule has 1 unspecified atom stereocenters. The van der Waals surface area contributed by atoms with Crippen LogP contribution in [0.25, 0.3) is 16.8 Å². The number of nitriles is 1. The highest BCUT2D eigenvalue weighted by molar-refractivity contribution is 7.91. The van der Waals surface area contributed by atoms with E-state index in [0.29, 0.717) is 38.6 Å². The number of anilines is 1. The number of pyridine rings is 1. The molecule has 0 aliphatic carbocycles. The number of nitrogens with zero attached hydrogens (tertiary/aromatic N) is 4. The van der Waals surface area contributed by atoms with Gasteiger partial charge in [0.25, 0.3) is 5.91 Å². The van der Waals surface area contributed by atoms with Gasteiger partial charge >= 0.3 is 0 Å². The van der Waals surface area contributed by atoms with Crippen molar-refractivity contribution in [3.63, 3.8) is 0 Å². The summed E-state index contributed by atoms with van der Waals surface area (Å²) in [6.45, 7) is 1.59. The molecule has 3 heterocycles. The topological polar surface area (TPSA) is 112 Å². The minimum Gasteiger partial charge on any atom is -0.478 e. The summed E-state index contributed by atoms with van der Waals surface area (Å²) in [6.07, 6.45) is 2.98. The summed E-state index contributed by atoms with van der Waals surface area (Å²) < 4.78 is 42.4. The Hall–Kier alpha value is -4.23. The van der Waals surface area contributed by atoms with Crippen LogP contribution in [0.15, 0.2) is 59.6 Å². The van der Waals surface area contributed by atoms with E-state index in [1.807, 2.05) is 6.92 Å². The van der Waals surface area contributed by atoms with Crippen LogP contribution in [-0.2, 0) is 21.1 Å². The van der Waals surface area contributed by atoms with Gasteiger partial charge in [-0.05, 0) is 54.4 Å². The quantitative estimate of drug-likeness (QED) is 0.460. The first-order chi connectivity index (χ1) is 16.7. The fraction of sp³-hybridized carbons (Fsp3) is 0.160. The number of aryl methyl sites for hydroxylation is 1. The van der Waals surface area contributed by atoms with Crippen LogP contribution in [0.1, 0.15) is 17.0 Å². The molecule has 4 aromatic rings. The molecule has 0 fully saturated rings. The van der Waals surface area contributed by atoms with Crippen LogP contribution < -0.4 is 9.64 Å². The molecule has 8 nitrogen and oxygen atoms in total. The van der Waals surface area contributed by atoms with Gasteiger partial charge in [0, 0.05) is 17.3 Å². The summed E-state index contributed by atoms with van der Waals surface area (Å²) in [5, 5.41) is 9.29. The highest BCUT2D eigenvalue weighted by Gasteiger charge is 2.30. The van der Waals surface area contributed by atoms with Crippen molar-refractivity contribution < 1.29 is 18.1 Å². The minimum atomic E-state index is -2.96. The second-order valence-corrected chi connectivity index (χ2v) is 10.5. The van der Waals surface area contributed by atoms with Gasteiger partial charge in [-0.2, -0.15) is 5.26 Å². The molecule has 1 amide bonds. The second kappa shape index (κ2) is 8.21. The monoisotopic (exact) mass is 489 g/mol. The molecule has 0 saturated heterocycles. The molecule has 176 valence electrons. The number of nitrogens with one attached hydrogen (secondary N) is 1. The van der Waals surface area contributed by atoms with Crippen molar-refractivity contribution in [3.05, 3.63) is 77.5 Å². The van der Waals surface area contributed by atoms with Gasteiger partial charge in [0.05, 0.1) is 38.9 Å². The van der Waals surface area contributed by atoms with Crippen LogP contribution in [0.2, 0.25) is 0 Å². The molecule has 1 aliphatic rings. The summed E-state index contributed by atoms with van der Waals surface area (Å²) >= 11 is 0. The van der Waals surface area contributed by atoms with Crippen LogP contribution in [0.5, 0.6) is 5.75 Å². The number of fused-ring (bicyclic) bond motifs is 2. The zero-order chi connectivity index (χ0) is 24.9. The van der Waals surface area contributed by atoms with Crippen molar-refractivity contribution in [2.45, 2.75) is 18.4 Å². The number of hydrogen-bond donors (Lipinski definition) is 1. The van der Waals surface area contributed by atoms with Crippen LogP contribution >= 0.6 is 0 Å². The van der Waals surface area contributed by atoms with Gasteiger partial charge < -0.3 is 9.14 Å². The Morgan fingerprint density at radius 1 is 1.23 bits per heavy atom. The summed E-state index contributed by atoms with van der Waals surface area (Å²) in [5.74, 6) is -1.02. The molecule has 2 aromatic heterocycles. The van der Waals surface area contributed by atoms with E-state index in [2.05, 4.69) is 11.1 Å². The van der Waals surface area contributed by atoms with Crippen LogP contribution in [0.3, 0.4) is 0 Å². The number of carbonyl (C=O) groups excluding carboxylic acids is 1.